The van der Waals surface area contributed by atoms with Crippen LogP contribution in [0, 0.1) is 5.92 Å². The van der Waals surface area contributed by atoms with Crippen molar-refractivity contribution in [3.05, 3.63) is 202 Å². The third-order valence-electron chi connectivity index (χ3n) is 22.8. The molecule has 0 heterocycles. The van der Waals surface area contributed by atoms with E-state index in [1.54, 1.807) is 32.4 Å². The largest absolute Gasteiger partial charge is 0.504 e. The first-order valence-electron chi connectivity index (χ1n) is 44.8. The van der Waals surface area contributed by atoms with Crippen LogP contribution in [0.15, 0.2) is 158 Å². The molecular weight excluding hydrogens is 1700 g/mol. The first-order chi connectivity index (χ1) is 59.1. The van der Waals surface area contributed by atoms with Gasteiger partial charge in [0.1, 0.15) is 13.2 Å². The molecule has 2 fully saturated rings. The van der Waals surface area contributed by atoms with Gasteiger partial charge in [0.05, 0.1) is 41.2 Å². The van der Waals surface area contributed by atoms with E-state index in [-0.39, 0.29) is 143 Å². The highest BCUT2D eigenvalue weighted by Gasteiger charge is 2.24. The minimum Gasteiger partial charge on any atom is -0.504 e. The lowest BCUT2D eigenvalue weighted by Gasteiger charge is -2.26. The van der Waals surface area contributed by atoms with Crippen molar-refractivity contribution in [1.82, 2.24) is 0 Å². The Bertz CT molecular complexity index is 4240. The Labute approximate surface area is 825 Å². The molecule has 774 valence electrons. The number of phenolic OH excluding ortho intramolecular Hbond substituents is 3. The van der Waals surface area contributed by atoms with E-state index < -0.39 is 5.97 Å². The van der Waals surface area contributed by atoms with Crippen molar-refractivity contribution in [2.75, 3.05) is 41.7 Å². The maximum atomic E-state index is 11.4. The van der Waals surface area contributed by atoms with E-state index in [0.717, 1.165) is 110 Å². The summed E-state index contributed by atoms with van der Waals surface area (Å²) < 4.78 is 78.6. The van der Waals surface area contributed by atoms with E-state index in [0.29, 0.717) is 101 Å². The maximum absolute atomic E-state index is 11.4. The Morgan fingerprint density at radius 3 is 1.04 bits per heavy atom. The van der Waals surface area contributed by atoms with Crippen LogP contribution in [0.25, 0.3) is 0 Å². The number of rotatable bonds is 38. The molecule has 8 aromatic rings. The van der Waals surface area contributed by atoms with Crippen LogP contribution in [-0.2, 0) is 37.0 Å². The van der Waals surface area contributed by atoms with Gasteiger partial charge in [0.2, 0.25) is 11.5 Å². The van der Waals surface area contributed by atoms with Crippen LogP contribution >= 0.6 is 0 Å². The SMILES string of the molecule is C.C.C.C.C.C.C.C.C.C.C.C.CCC(C)c1cc(OC)c(O)c(OC)c1.CCC(C)c1cc(OC)c(OC(C)OCCC2CCCCC2)c(OC)c1.CCC(C)c1ccc(O)c(OC(C)=O)c1.CCC(C)c1ccc(O)c(OCc2ccccc2)c1.CCC(C)c1ccc(OC(C)OC2CCCCC2)c(OC(C)=O)c1.CCOC(C)Oc1ccc(C(C)CC)cc1OCc1ccccc1. The van der Waals surface area contributed by atoms with Gasteiger partial charge in [-0.3, -0.25) is 9.59 Å². The molecule has 135 heavy (non-hydrogen) atoms. The van der Waals surface area contributed by atoms with Crippen LogP contribution < -0.4 is 52.1 Å². The third-order valence-corrected chi connectivity index (χ3v) is 22.8. The molecule has 3 N–H and O–H groups in total. The average Bonchev–Trinajstić information content (AvgIpc) is 0.763. The minimum atomic E-state index is -0.424. The highest BCUT2D eigenvalue weighted by Crippen LogP contribution is 2.44. The minimum absolute atomic E-state index is 0. The number of esters is 2. The zero-order valence-corrected chi connectivity index (χ0v) is 78.1. The van der Waals surface area contributed by atoms with Gasteiger partial charge in [0, 0.05) is 20.5 Å². The molecular formula is C116H196O19. The van der Waals surface area contributed by atoms with Crippen molar-refractivity contribution in [3.63, 3.8) is 0 Å². The molecule has 0 radical (unpaired) electrons. The summed E-state index contributed by atoms with van der Waals surface area (Å²) in [7, 11) is 6.40. The van der Waals surface area contributed by atoms with Gasteiger partial charge in [-0.2, -0.15) is 0 Å². The predicted molar refractivity (Wildman–Crippen MR) is 574 cm³/mol. The van der Waals surface area contributed by atoms with Gasteiger partial charge in [0.15, 0.2) is 87.9 Å². The molecule has 9 atom stereocenters. The fourth-order valence-electron chi connectivity index (χ4n) is 13.8. The molecule has 0 aromatic heterocycles. The standard InChI is InChI=1S/C22H36O4.C21H28O3.C20H30O4.C17H20O2.C12H18O3.C12H16O3.12CH4/c1-6-16(2)19-14-20(23-4)22(21(15-19)24-5)26-17(3)25-13-12-18-10-8-7-9-11-18;1-5-16(3)19-12-13-20(24-17(4)22-6-2)21(14-19)23-15-18-10-8-7-9-11-18;1-5-14(2)17-11-12-19(20(13-17)22-15(3)21)24-16(4)23-18-9-7-6-8-10-18;1-3-13(2)15-9-10-16(18)17(11-15)19-12-14-7-5-4-6-8-14;1-5-8(2)9-6-10(14-3)12(13)11(7-9)15-4;1-4-8(2)10-5-6-11(14)12(7-10)15-9(3)13;;;;;;;;;;;;/h14-18H,6-13H2,1-5H3;7-14,16-17H,5-6,15H2,1-4H3;11-14,16,18H,5-10H2,1-4H3;4-11,13,18H,3,12H2,1-2H3;6-8,13H,5H2,1-4H3;5-8,14H,4H2,1-3H3;12*1H4. The molecule has 0 amide bonds. The molecule has 10 rings (SSSR count). The Kier molecular flexibility index (Phi) is 80.4. The summed E-state index contributed by atoms with van der Waals surface area (Å²) in [6.07, 6.45) is 19.4. The topological polar surface area (TPSA) is 224 Å². The Morgan fingerprint density at radius 1 is 0.333 bits per heavy atom. The number of methoxy groups -OCH3 is 4. The molecule has 2 saturated carbocycles. The van der Waals surface area contributed by atoms with E-state index in [1.807, 2.05) is 143 Å². The molecule has 0 bridgehead atoms. The van der Waals surface area contributed by atoms with E-state index >= 15 is 0 Å². The van der Waals surface area contributed by atoms with Crippen molar-refractivity contribution >= 4 is 11.9 Å². The van der Waals surface area contributed by atoms with Gasteiger partial charge < -0.3 is 81.6 Å². The molecule has 0 saturated heterocycles. The van der Waals surface area contributed by atoms with Crippen LogP contribution in [0.1, 0.15) is 403 Å². The predicted octanol–water partition coefficient (Wildman–Crippen LogP) is 34.5. The molecule has 2 aliphatic carbocycles. The summed E-state index contributed by atoms with van der Waals surface area (Å²) in [5, 5.41) is 29.0. The normalized spacial score (nSPS) is 13.4. The van der Waals surface area contributed by atoms with Gasteiger partial charge in [-0.15, -0.1) is 0 Å². The number of carbonyl (C=O) groups is 2. The monoisotopic (exact) mass is 1890 g/mol. The zero-order chi connectivity index (χ0) is 90.3. The Balaban J connectivity index is -0.000000237. The fourth-order valence-corrected chi connectivity index (χ4v) is 13.8. The lowest BCUT2D eigenvalue weighted by molar-refractivity contribution is -0.133. The van der Waals surface area contributed by atoms with Crippen LogP contribution in [0.5, 0.6) is 80.5 Å². The number of hydrogen-bond acceptors (Lipinski definition) is 19. The molecule has 0 spiro atoms. The summed E-state index contributed by atoms with van der Waals surface area (Å²) in [4.78, 5) is 22.2. The van der Waals surface area contributed by atoms with E-state index in [2.05, 4.69) is 107 Å². The van der Waals surface area contributed by atoms with E-state index in [4.69, 9.17) is 66.3 Å². The molecule has 0 aliphatic heterocycles. The maximum Gasteiger partial charge on any atom is 0.308 e. The highest BCUT2D eigenvalue weighted by molar-refractivity contribution is 5.71. The smallest absolute Gasteiger partial charge is 0.308 e. The van der Waals surface area contributed by atoms with Gasteiger partial charge >= 0.3 is 11.9 Å². The van der Waals surface area contributed by atoms with Gasteiger partial charge in [-0.25, -0.2) is 0 Å². The summed E-state index contributed by atoms with van der Waals surface area (Å²) in [6.45, 7) is 38.6. The van der Waals surface area contributed by atoms with E-state index in [9.17, 15) is 24.9 Å². The molecule has 19 nitrogen and oxygen atoms in total. The average molecular weight is 1890 g/mol. The molecule has 2 aliphatic rings. The van der Waals surface area contributed by atoms with Crippen molar-refractivity contribution < 1.29 is 91.2 Å². The quantitative estimate of drug-likeness (QED) is 0.0186. The Hall–Kier alpha value is -9.82. The number of benzene rings is 8. The number of carbonyl (C=O) groups excluding carboxylic acids is 2. The summed E-state index contributed by atoms with van der Waals surface area (Å²) in [6, 6.07) is 50.6. The number of phenols is 3. The molecule has 19 heteroatoms. The number of aromatic hydroxyl groups is 3. The third kappa shape index (κ3) is 49.7. The van der Waals surface area contributed by atoms with Crippen molar-refractivity contribution in [2.24, 2.45) is 5.92 Å². The van der Waals surface area contributed by atoms with E-state index in [1.165, 1.54) is 96.1 Å². The summed E-state index contributed by atoms with van der Waals surface area (Å²) in [5.74, 6) is 9.17. The number of hydrogen-bond donors (Lipinski definition) is 3. The second-order valence-corrected chi connectivity index (χ2v) is 32.1. The summed E-state index contributed by atoms with van der Waals surface area (Å²) in [5.41, 5.74) is 9.20. The van der Waals surface area contributed by atoms with Gasteiger partial charge in [-0.1, -0.05) is 309 Å². The van der Waals surface area contributed by atoms with Crippen molar-refractivity contribution in [1.29, 1.82) is 0 Å². The van der Waals surface area contributed by atoms with Crippen LogP contribution in [0.2, 0.25) is 0 Å². The van der Waals surface area contributed by atoms with Crippen LogP contribution in [-0.4, -0.2) is 93.9 Å². The lowest BCUT2D eigenvalue weighted by Crippen LogP contribution is -2.26. The second-order valence-electron chi connectivity index (χ2n) is 32.1. The van der Waals surface area contributed by atoms with Crippen molar-refractivity contribution in [3.8, 4) is 80.5 Å². The van der Waals surface area contributed by atoms with Gasteiger partial charge in [-0.05, 0) is 244 Å². The second kappa shape index (κ2) is 77.2. The molecule has 9 unspecified atom stereocenters. The van der Waals surface area contributed by atoms with Gasteiger partial charge in [0.25, 0.3) is 0 Å². The number of ether oxygens (including phenoxy) is 14. The highest BCUT2D eigenvalue weighted by atomic mass is 16.7. The fraction of sp³-hybridized carbons (Fsp3) is 0.569. The first kappa shape index (κ1) is 141. The van der Waals surface area contributed by atoms with Crippen molar-refractivity contribution in [2.45, 2.75) is 397 Å². The lowest BCUT2D eigenvalue weighted by atomic mass is 9.87. The zero-order valence-electron chi connectivity index (χ0n) is 78.1. The Morgan fingerprint density at radius 2 is 0.652 bits per heavy atom. The molecule has 8 aromatic carbocycles. The first-order valence-corrected chi connectivity index (χ1v) is 44.8. The van der Waals surface area contributed by atoms with Crippen LogP contribution in [0.3, 0.4) is 0 Å². The summed E-state index contributed by atoms with van der Waals surface area (Å²) >= 11 is 0. The van der Waals surface area contributed by atoms with Crippen LogP contribution in [0.4, 0.5) is 0 Å².